The molecule has 0 saturated carbocycles. The van der Waals surface area contributed by atoms with Crippen LogP contribution in [0.1, 0.15) is 37.3 Å². The van der Waals surface area contributed by atoms with E-state index in [0.29, 0.717) is 5.75 Å². The third-order valence-electron chi connectivity index (χ3n) is 4.00. The van der Waals surface area contributed by atoms with Crippen LogP contribution >= 0.6 is 0 Å². The van der Waals surface area contributed by atoms with Gasteiger partial charge in [-0.25, -0.2) is 0 Å². The Bertz CT molecular complexity index is 608. The average Bonchev–Trinajstić information content (AvgIpc) is 2.59. The van der Waals surface area contributed by atoms with Crippen LogP contribution in [0.15, 0.2) is 23.8 Å². The van der Waals surface area contributed by atoms with Crippen LogP contribution in [0.4, 0.5) is 0 Å². The summed E-state index contributed by atoms with van der Waals surface area (Å²) in [5.41, 5.74) is 2.10. The maximum absolute atomic E-state index is 12.5. The maximum Gasteiger partial charge on any atom is 0.264 e. The second kappa shape index (κ2) is 7.65. The molecule has 4 nitrogen and oxygen atoms in total. The van der Waals surface area contributed by atoms with Crippen molar-refractivity contribution in [3.05, 3.63) is 34.9 Å². The molecular weight excluding hydrogens is 276 g/mol. The van der Waals surface area contributed by atoms with Crippen LogP contribution in [-0.4, -0.2) is 31.0 Å². The third kappa shape index (κ3) is 3.67. The van der Waals surface area contributed by atoms with Gasteiger partial charge in [-0.1, -0.05) is 13.0 Å². The van der Waals surface area contributed by atoms with E-state index in [1.165, 1.54) is 0 Å². The molecule has 2 rings (SSSR count). The molecule has 1 heterocycles. The van der Waals surface area contributed by atoms with E-state index in [9.17, 15) is 10.1 Å². The lowest BCUT2D eigenvalue weighted by atomic mass is 10.0. The summed E-state index contributed by atoms with van der Waals surface area (Å²) in [7, 11) is 1.59. The molecule has 4 heteroatoms. The van der Waals surface area contributed by atoms with Crippen molar-refractivity contribution in [2.24, 2.45) is 0 Å². The predicted molar refractivity (Wildman–Crippen MR) is 86.4 cm³/mol. The molecule has 1 fully saturated rings. The Morgan fingerprint density at radius 2 is 2.09 bits per heavy atom. The van der Waals surface area contributed by atoms with Gasteiger partial charge in [-0.05, 0) is 49.5 Å². The van der Waals surface area contributed by atoms with E-state index in [4.69, 9.17) is 4.74 Å². The molecule has 0 aromatic heterocycles. The van der Waals surface area contributed by atoms with Gasteiger partial charge in [0.2, 0.25) is 0 Å². The van der Waals surface area contributed by atoms with Crippen molar-refractivity contribution in [1.82, 2.24) is 4.90 Å². The molecule has 116 valence electrons. The summed E-state index contributed by atoms with van der Waals surface area (Å²) in [6, 6.07) is 7.90. The molecular formula is C18H22N2O2. The first kappa shape index (κ1) is 16.1. The number of hydrogen-bond donors (Lipinski definition) is 0. The number of amides is 1. The van der Waals surface area contributed by atoms with Crippen LogP contribution in [0.3, 0.4) is 0 Å². The number of hydrogen-bond acceptors (Lipinski definition) is 3. The number of ether oxygens (including phenoxy) is 1. The van der Waals surface area contributed by atoms with E-state index in [1.54, 1.807) is 18.1 Å². The zero-order valence-electron chi connectivity index (χ0n) is 13.3. The summed E-state index contributed by atoms with van der Waals surface area (Å²) in [5, 5.41) is 9.37. The molecule has 0 bridgehead atoms. The number of rotatable bonds is 4. The summed E-state index contributed by atoms with van der Waals surface area (Å²) < 4.78 is 5.34. The van der Waals surface area contributed by atoms with Crippen molar-refractivity contribution in [2.45, 2.75) is 32.6 Å². The minimum absolute atomic E-state index is 0.174. The number of carbonyl (C=O) groups is 1. The van der Waals surface area contributed by atoms with Crippen LogP contribution in [0.5, 0.6) is 5.75 Å². The largest absolute Gasteiger partial charge is 0.496 e. The fourth-order valence-electron chi connectivity index (χ4n) is 2.68. The minimum Gasteiger partial charge on any atom is -0.496 e. The van der Waals surface area contributed by atoms with Gasteiger partial charge in [0.05, 0.1) is 7.11 Å². The highest BCUT2D eigenvalue weighted by molar-refractivity contribution is 6.02. The number of aryl methyl sites for hydroxylation is 1. The van der Waals surface area contributed by atoms with E-state index < -0.39 is 0 Å². The van der Waals surface area contributed by atoms with E-state index >= 15 is 0 Å². The number of nitrogens with zero attached hydrogens (tertiary/aromatic N) is 2. The normalized spacial score (nSPS) is 15.3. The minimum atomic E-state index is -0.175. The van der Waals surface area contributed by atoms with Gasteiger partial charge < -0.3 is 9.64 Å². The molecule has 22 heavy (non-hydrogen) atoms. The molecule has 1 aliphatic heterocycles. The fourth-order valence-corrected chi connectivity index (χ4v) is 2.68. The Morgan fingerprint density at radius 3 is 2.68 bits per heavy atom. The van der Waals surface area contributed by atoms with Crippen molar-refractivity contribution in [3.63, 3.8) is 0 Å². The Hall–Kier alpha value is -2.28. The van der Waals surface area contributed by atoms with Crippen molar-refractivity contribution in [3.8, 4) is 11.8 Å². The average molecular weight is 298 g/mol. The lowest BCUT2D eigenvalue weighted by Gasteiger charge is -2.26. The molecule has 1 aromatic carbocycles. The third-order valence-corrected chi connectivity index (χ3v) is 4.00. The maximum atomic E-state index is 12.5. The SMILES string of the molecule is CCc1ccc(OC)c(/C=C(\C#N)C(=O)N2CCCCC2)c1. The summed E-state index contributed by atoms with van der Waals surface area (Å²) >= 11 is 0. The number of carbonyl (C=O) groups excluding carboxylic acids is 1. The van der Waals surface area contributed by atoms with Crippen LogP contribution in [0, 0.1) is 11.3 Å². The quantitative estimate of drug-likeness (QED) is 0.633. The molecule has 1 aromatic rings. The van der Waals surface area contributed by atoms with Crippen LogP contribution < -0.4 is 4.74 Å². The summed E-state index contributed by atoms with van der Waals surface area (Å²) in [6.07, 6.45) is 5.72. The molecule has 1 saturated heterocycles. The molecule has 0 aliphatic carbocycles. The first-order valence-electron chi connectivity index (χ1n) is 7.77. The van der Waals surface area contributed by atoms with Gasteiger partial charge >= 0.3 is 0 Å². The molecule has 0 unspecified atom stereocenters. The van der Waals surface area contributed by atoms with Gasteiger partial charge in [0, 0.05) is 18.7 Å². The smallest absolute Gasteiger partial charge is 0.264 e. The summed E-state index contributed by atoms with van der Waals surface area (Å²) in [5.74, 6) is 0.502. The Kier molecular flexibility index (Phi) is 5.60. The predicted octanol–water partition coefficient (Wildman–Crippen LogP) is 3.18. The number of likely N-dealkylation sites (tertiary alicyclic amines) is 1. The molecule has 1 aliphatic rings. The zero-order chi connectivity index (χ0) is 15.9. The van der Waals surface area contributed by atoms with Crippen LogP contribution in [-0.2, 0) is 11.2 Å². The van der Waals surface area contributed by atoms with Gasteiger partial charge in [-0.15, -0.1) is 0 Å². The molecule has 0 N–H and O–H groups in total. The Labute approximate surface area is 132 Å². The summed E-state index contributed by atoms with van der Waals surface area (Å²) in [6.45, 7) is 3.55. The zero-order valence-corrected chi connectivity index (χ0v) is 13.3. The highest BCUT2D eigenvalue weighted by Gasteiger charge is 2.20. The van der Waals surface area contributed by atoms with Crippen molar-refractivity contribution < 1.29 is 9.53 Å². The number of benzene rings is 1. The number of piperidine rings is 1. The lowest BCUT2D eigenvalue weighted by molar-refractivity contribution is -0.127. The van der Waals surface area contributed by atoms with Crippen molar-refractivity contribution in [1.29, 1.82) is 5.26 Å². The monoisotopic (exact) mass is 298 g/mol. The van der Waals surface area contributed by atoms with Crippen molar-refractivity contribution in [2.75, 3.05) is 20.2 Å². The molecule has 1 amide bonds. The Morgan fingerprint density at radius 1 is 1.36 bits per heavy atom. The number of nitriles is 1. The van der Waals surface area contributed by atoms with Gasteiger partial charge in [0.15, 0.2) is 0 Å². The molecule has 0 radical (unpaired) electrons. The van der Waals surface area contributed by atoms with Gasteiger partial charge in [0.25, 0.3) is 5.91 Å². The van der Waals surface area contributed by atoms with Crippen LogP contribution in [0.2, 0.25) is 0 Å². The summed E-state index contributed by atoms with van der Waals surface area (Å²) in [4.78, 5) is 14.3. The first-order chi connectivity index (χ1) is 10.7. The van der Waals surface area contributed by atoms with E-state index in [2.05, 4.69) is 13.0 Å². The van der Waals surface area contributed by atoms with Gasteiger partial charge in [-0.2, -0.15) is 5.26 Å². The second-order valence-electron chi connectivity index (χ2n) is 5.45. The van der Waals surface area contributed by atoms with E-state index in [1.807, 2.05) is 18.2 Å². The molecule has 0 spiro atoms. The first-order valence-corrected chi connectivity index (χ1v) is 7.77. The topological polar surface area (TPSA) is 53.3 Å². The van der Waals surface area contributed by atoms with Crippen molar-refractivity contribution >= 4 is 12.0 Å². The van der Waals surface area contributed by atoms with Crippen LogP contribution in [0.25, 0.3) is 6.08 Å². The fraction of sp³-hybridized carbons (Fsp3) is 0.444. The highest BCUT2D eigenvalue weighted by Crippen LogP contribution is 2.24. The standard InChI is InChI=1S/C18H22N2O2/c1-3-14-7-8-17(22-2)15(11-14)12-16(13-19)18(21)20-9-5-4-6-10-20/h7-8,11-12H,3-6,9-10H2,1-2H3/b16-12+. The lowest BCUT2D eigenvalue weighted by Crippen LogP contribution is -2.36. The second-order valence-corrected chi connectivity index (χ2v) is 5.45. The Balaban J connectivity index is 2.31. The van der Waals surface area contributed by atoms with Gasteiger partial charge in [0.1, 0.15) is 17.4 Å². The van der Waals surface area contributed by atoms with E-state index in [-0.39, 0.29) is 11.5 Å². The highest BCUT2D eigenvalue weighted by atomic mass is 16.5. The van der Waals surface area contributed by atoms with E-state index in [0.717, 1.165) is 49.9 Å². The molecule has 0 atom stereocenters. The number of methoxy groups -OCH3 is 1. The van der Waals surface area contributed by atoms with Gasteiger partial charge in [-0.3, -0.25) is 4.79 Å².